The minimum Gasteiger partial charge on any atom is -0.352 e. The summed E-state index contributed by atoms with van der Waals surface area (Å²) in [6.45, 7) is 1.47. The minimum absolute atomic E-state index is 0.0964. The van der Waals surface area contributed by atoms with Crippen molar-refractivity contribution in [2.24, 2.45) is 0 Å². The monoisotopic (exact) mass is 444 g/mol. The van der Waals surface area contributed by atoms with E-state index < -0.39 is 0 Å². The van der Waals surface area contributed by atoms with Crippen LogP contribution in [0.4, 0.5) is 0 Å². The van der Waals surface area contributed by atoms with Gasteiger partial charge in [0.05, 0.1) is 11.4 Å². The summed E-state index contributed by atoms with van der Waals surface area (Å²) in [7, 11) is 0. The molecule has 32 heavy (non-hydrogen) atoms. The molecule has 162 valence electrons. The van der Waals surface area contributed by atoms with Gasteiger partial charge in [-0.1, -0.05) is 54.6 Å². The second kappa shape index (κ2) is 10.5. The van der Waals surface area contributed by atoms with Crippen LogP contribution in [0, 0.1) is 0 Å². The third kappa shape index (κ3) is 5.70. The van der Waals surface area contributed by atoms with Crippen LogP contribution in [0.15, 0.2) is 84.5 Å². The number of amides is 2. The Kier molecular flexibility index (Phi) is 7.09. The largest absolute Gasteiger partial charge is 0.352 e. The molecule has 0 aliphatic carbocycles. The van der Waals surface area contributed by atoms with Gasteiger partial charge >= 0.3 is 0 Å². The van der Waals surface area contributed by atoms with Gasteiger partial charge in [0.25, 0.3) is 5.91 Å². The van der Waals surface area contributed by atoms with Crippen molar-refractivity contribution in [2.45, 2.75) is 19.5 Å². The molecule has 0 saturated heterocycles. The van der Waals surface area contributed by atoms with Gasteiger partial charge in [-0.25, -0.2) is 0 Å². The molecule has 6 nitrogen and oxygen atoms in total. The van der Waals surface area contributed by atoms with Gasteiger partial charge in [-0.15, -0.1) is 11.3 Å². The lowest BCUT2D eigenvalue weighted by Crippen LogP contribution is -2.30. The van der Waals surface area contributed by atoms with Crippen LogP contribution in [-0.2, 0) is 17.9 Å². The van der Waals surface area contributed by atoms with Crippen LogP contribution >= 0.6 is 11.3 Å². The maximum Gasteiger partial charge on any atom is 0.261 e. The van der Waals surface area contributed by atoms with Crippen LogP contribution < -0.4 is 10.6 Å². The lowest BCUT2D eigenvalue weighted by atomic mass is 9.98. The van der Waals surface area contributed by atoms with Crippen molar-refractivity contribution < 1.29 is 9.59 Å². The fourth-order valence-electron chi connectivity index (χ4n) is 3.39. The van der Waals surface area contributed by atoms with Gasteiger partial charge in [0, 0.05) is 31.9 Å². The van der Waals surface area contributed by atoms with Crippen molar-refractivity contribution in [2.75, 3.05) is 6.54 Å². The number of carbonyl (C=O) groups excluding carboxylic acids is 2. The van der Waals surface area contributed by atoms with E-state index in [0.29, 0.717) is 18.0 Å². The van der Waals surface area contributed by atoms with E-state index in [2.05, 4.69) is 46.1 Å². The van der Waals surface area contributed by atoms with Gasteiger partial charge in [0.1, 0.15) is 0 Å². The van der Waals surface area contributed by atoms with Gasteiger partial charge in [-0.2, -0.15) is 5.10 Å². The molecular weight excluding hydrogens is 420 g/mol. The number of hydrogen-bond acceptors (Lipinski definition) is 4. The maximum atomic E-state index is 12.3. The first-order valence-electron chi connectivity index (χ1n) is 10.4. The van der Waals surface area contributed by atoms with E-state index in [1.165, 1.54) is 16.9 Å². The Labute approximate surface area is 190 Å². The number of nitrogens with zero attached hydrogens (tertiary/aromatic N) is 2. The molecule has 0 atom stereocenters. The fourth-order valence-corrected chi connectivity index (χ4v) is 4.03. The highest BCUT2D eigenvalue weighted by atomic mass is 32.1. The summed E-state index contributed by atoms with van der Waals surface area (Å²) in [4.78, 5) is 24.9. The summed E-state index contributed by atoms with van der Waals surface area (Å²) in [5.74, 6) is -0.241. The Morgan fingerprint density at radius 1 is 0.938 bits per heavy atom. The molecule has 2 heterocycles. The molecule has 0 aliphatic heterocycles. The molecule has 0 fully saturated rings. The Morgan fingerprint density at radius 3 is 2.53 bits per heavy atom. The zero-order chi connectivity index (χ0) is 22.2. The third-order valence-corrected chi connectivity index (χ3v) is 5.91. The average molecular weight is 445 g/mol. The summed E-state index contributed by atoms with van der Waals surface area (Å²) in [5, 5.41) is 11.8. The minimum atomic E-state index is -0.144. The smallest absolute Gasteiger partial charge is 0.261 e. The zero-order valence-corrected chi connectivity index (χ0v) is 18.3. The first-order chi connectivity index (χ1) is 15.7. The first kappa shape index (κ1) is 21.5. The molecular formula is C25H24N4O2S. The van der Waals surface area contributed by atoms with Crippen molar-refractivity contribution in [3.63, 3.8) is 0 Å². The highest BCUT2D eigenvalue weighted by Gasteiger charge is 2.09. The number of benzene rings is 2. The Balaban J connectivity index is 1.31. The van der Waals surface area contributed by atoms with E-state index >= 15 is 0 Å². The van der Waals surface area contributed by atoms with E-state index in [9.17, 15) is 9.59 Å². The number of carbonyl (C=O) groups is 2. The summed E-state index contributed by atoms with van der Waals surface area (Å²) in [6, 6.07) is 22.0. The highest BCUT2D eigenvalue weighted by molar-refractivity contribution is 7.12. The van der Waals surface area contributed by atoms with E-state index in [0.717, 1.165) is 23.2 Å². The lowest BCUT2D eigenvalue weighted by Gasteiger charge is -2.12. The first-order valence-corrected chi connectivity index (χ1v) is 11.3. The lowest BCUT2D eigenvalue weighted by molar-refractivity contribution is -0.121. The van der Waals surface area contributed by atoms with E-state index in [1.54, 1.807) is 12.3 Å². The standard InChI is InChI=1S/C25H24N4O2S/c30-24(12-14-26-25(31)23-7-3-16-32-23)27-17-21-5-1-2-6-22(21)20-10-8-19(9-11-20)18-29-15-4-13-28-29/h1-11,13,15-16H,12,14,17-18H2,(H,26,31)(H,27,30). The Hall–Kier alpha value is -3.71. The van der Waals surface area contributed by atoms with Gasteiger partial charge in [0.2, 0.25) is 5.91 Å². The van der Waals surface area contributed by atoms with Gasteiger partial charge in [-0.05, 0) is 39.8 Å². The van der Waals surface area contributed by atoms with Gasteiger partial charge < -0.3 is 10.6 Å². The van der Waals surface area contributed by atoms with Crippen molar-refractivity contribution >= 4 is 23.2 Å². The molecule has 0 radical (unpaired) electrons. The quantitative estimate of drug-likeness (QED) is 0.408. The normalized spacial score (nSPS) is 10.6. The zero-order valence-electron chi connectivity index (χ0n) is 17.5. The molecule has 4 aromatic rings. The van der Waals surface area contributed by atoms with Gasteiger partial charge in [-0.3, -0.25) is 14.3 Å². The number of nitrogens with one attached hydrogen (secondary N) is 2. The number of aromatic nitrogens is 2. The SMILES string of the molecule is O=C(CCNC(=O)c1cccs1)NCc1ccccc1-c1ccc(Cn2cccn2)cc1. The second-order valence-electron chi connectivity index (χ2n) is 7.32. The fraction of sp³-hybridized carbons (Fsp3) is 0.160. The highest BCUT2D eigenvalue weighted by Crippen LogP contribution is 2.24. The van der Waals surface area contributed by atoms with Crippen LogP contribution in [0.2, 0.25) is 0 Å². The van der Waals surface area contributed by atoms with E-state index in [4.69, 9.17) is 0 Å². The second-order valence-corrected chi connectivity index (χ2v) is 8.27. The molecule has 0 saturated carbocycles. The molecule has 2 amide bonds. The average Bonchev–Trinajstić information content (AvgIpc) is 3.53. The van der Waals surface area contributed by atoms with Crippen molar-refractivity contribution in [1.29, 1.82) is 0 Å². The van der Waals surface area contributed by atoms with Crippen LogP contribution in [-0.4, -0.2) is 28.1 Å². The topological polar surface area (TPSA) is 76.0 Å². The number of hydrogen-bond donors (Lipinski definition) is 2. The Bertz CT molecular complexity index is 1150. The molecule has 2 aromatic heterocycles. The summed E-state index contributed by atoms with van der Waals surface area (Å²) < 4.78 is 1.89. The predicted octanol–water partition coefficient (Wildman–Crippen LogP) is 4.10. The predicted molar refractivity (Wildman–Crippen MR) is 126 cm³/mol. The molecule has 0 bridgehead atoms. The van der Waals surface area contributed by atoms with Crippen molar-refractivity contribution in [3.8, 4) is 11.1 Å². The summed E-state index contributed by atoms with van der Waals surface area (Å²) in [5.41, 5.74) is 4.41. The van der Waals surface area contributed by atoms with Crippen molar-refractivity contribution in [3.05, 3.63) is 101 Å². The van der Waals surface area contributed by atoms with Crippen LogP contribution in [0.5, 0.6) is 0 Å². The number of thiophene rings is 1. The number of rotatable bonds is 9. The maximum absolute atomic E-state index is 12.3. The third-order valence-electron chi connectivity index (χ3n) is 5.04. The van der Waals surface area contributed by atoms with Gasteiger partial charge in [0.15, 0.2) is 0 Å². The van der Waals surface area contributed by atoms with Crippen molar-refractivity contribution in [1.82, 2.24) is 20.4 Å². The molecule has 2 aromatic carbocycles. The van der Waals surface area contributed by atoms with Crippen LogP contribution in [0.25, 0.3) is 11.1 Å². The van der Waals surface area contributed by atoms with E-state index in [1.807, 2.05) is 46.6 Å². The summed E-state index contributed by atoms with van der Waals surface area (Å²) in [6.07, 6.45) is 3.96. The summed E-state index contributed by atoms with van der Waals surface area (Å²) >= 11 is 1.38. The molecule has 0 spiro atoms. The van der Waals surface area contributed by atoms with E-state index in [-0.39, 0.29) is 18.2 Å². The molecule has 2 N–H and O–H groups in total. The molecule has 0 aliphatic rings. The van der Waals surface area contributed by atoms with Crippen LogP contribution in [0.1, 0.15) is 27.2 Å². The Morgan fingerprint density at radius 2 is 1.78 bits per heavy atom. The molecule has 0 unspecified atom stereocenters. The molecule has 7 heteroatoms. The van der Waals surface area contributed by atoms with Crippen LogP contribution in [0.3, 0.4) is 0 Å². The molecule has 4 rings (SSSR count).